The number of halogens is 3. The molecule has 36 heavy (non-hydrogen) atoms. The van der Waals surface area contributed by atoms with Crippen molar-refractivity contribution in [2.24, 2.45) is 0 Å². The standard InChI is InChI=1S/C28H19Cl3N2O3/c1-2-16-6-11-25-23(14-16)33-28(36-25)17-7-10-20(29)22(15-17)32-26(34)13-9-18-8-12-24(35-18)19-4-3-5-21(30)27(19)31/h3-15H,2H2,1H3,(H,32,34). The van der Waals surface area contributed by atoms with Gasteiger partial charge in [-0.1, -0.05) is 53.9 Å². The van der Waals surface area contributed by atoms with E-state index in [1.165, 1.54) is 11.6 Å². The molecule has 2 heterocycles. The van der Waals surface area contributed by atoms with Crippen LogP contribution in [0.4, 0.5) is 5.69 Å². The summed E-state index contributed by atoms with van der Waals surface area (Å²) in [5.41, 5.74) is 4.46. The molecule has 0 unspecified atom stereocenters. The number of anilines is 1. The summed E-state index contributed by atoms with van der Waals surface area (Å²) >= 11 is 18.7. The quantitative estimate of drug-likeness (QED) is 0.220. The van der Waals surface area contributed by atoms with Crippen LogP contribution in [0.15, 0.2) is 81.6 Å². The normalized spacial score (nSPS) is 11.4. The lowest BCUT2D eigenvalue weighted by Gasteiger charge is -2.06. The van der Waals surface area contributed by atoms with Gasteiger partial charge in [0.25, 0.3) is 0 Å². The van der Waals surface area contributed by atoms with Crippen LogP contribution in [0, 0.1) is 0 Å². The Morgan fingerprint density at radius 1 is 0.972 bits per heavy atom. The minimum atomic E-state index is -0.377. The van der Waals surface area contributed by atoms with Crippen molar-refractivity contribution >= 4 is 63.6 Å². The molecule has 0 bridgehead atoms. The number of fused-ring (bicyclic) bond motifs is 1. The van der Waals surface area contributed by atoms with Crippen molar-refractivity contribution in [1.82, 2.24) is 4.98 Å². The highest BCUT2D eigenvalue weighted by atomic mass is 35.5. The lowest BCUT2D eigenvalue weighted by Crippen LogP contribution is -2.08. The summed E-state index contributed by atoms with van der Waals surface area (Å²) in [6.45, 7) is 2.09. The molecule has 0 saturated carbocycles. The number of furan rings is 1. The second-order valence-electron chi connectivity index (χ2n) is 8.00. The van der Waals surface area contributed by atoms with Crippen molar-refractivity contribution in [1.29, 1.82) is 0 Å². The molecular formula is C28H19Cl3N2O3. The summed E-state index contributed by atoms with van der Waals surface area (Å²) in [6, 6.07) is 19.9. The van der Waals surface area contributed by atoms with E-state index in [2.05, 4.69) is 17.2 Å². The number of nitrogens with one attached hydrogen (secondary N) is 1. The van der Waals surface area contributed by atoms with Gasteiger partial charge in [0.1, 0.15) is 17.0 Å². The van der Waals surface area contributed by atoms with E-state index in [-0.39, 0.29) is 5.91 Å². The Hall–Kier alpha value is -3.51. The molecule has 1 N–H and O–H groups in total. The molecule has 0 aliphatic carbocycles. The number of amides is 1. The van der Waals surface area contributed by atoms with E-state index in [1.54, 1.807) is 48.5 Å². The van der Waals surface area contributed by atoms with E-state index in [1.807, 2.05) is 24.3 Å². The molecule has 3 aromatic carbocycles. The fraction of sp³-hybridized carbons (Fsp3) is 0.0714. The van der Waals surface area contributed by atoms with E-state index in [0.29, 0.717) is 54.9 Å². The summed E-state index contributed by atoms with van der Waals surface area (Å²) in [6.07, 6.45) is 3.83. The van der Waals surface area contributed by atoms with E-state index in [0.717, 1.165) is 11.9 Å². The lowest BCUT2D eigenvalue weighted by molar-refractivity contribution is -0.111. The average molecular weight is 538 g/mol. The van der Waals surface area contributed by atoms with Gasteiger partial charge in [-0.2, -0.15) is 0 Å². The second kappa shape index (κ2) is 10.2. The molecule has 5 rings (SSSR count). The molecule has 5 aromatic rings. The van der Waals surface area contributed by atoms with Crippen LogP contribution < -0.4 is 5.32 Å². The molecular weight excluding hydrogens is 519 g/mol. The fourth-order valence-electron chi connectivity index (χ4n) is 3.68. The van der Waals surface area contributed by atoms with Gasteiger partial charge in [-0.15, -0.1) is 0 Å². The second-order valence-corrected chi connectivity index (χ2v) is 9.19. The molecule has 0 atom stereocenters. The summed E-state index contributed by atoms with van der Waals surface area (Å²) in [5.74, 6) is 1.10. The van der Waals surface area contributed by atoms with Crippen LogP contribution in [-0.4, -0.2) is 10.9 Å². The largest absolute Gasteiger partial charge is 0.457 e. The van der Waals surface area contributed by atoms with Gasteiger partial charge in [0.15, 0.2) is 5.58 Å². The van der Waals surface area contributed by atoms with E-state index in [9.17, 15) is 4.79 Å². The highest BCUT2D eigenvalue weighted by Crippen LogP contribution is 2.35. The number of carbonyl (C=O) groups excluding carboxylic acids is 1. The maximum absolute atomic E-state index is 12.6. The number of carbonyl (C=O) groups is 1. The molecule has 1 amide bonds. The molecule has 0 radical (unpaired) electrons. The molecule has 180 valence electrons. The van der Waals surface area contributed by atoms with Crippen LogP contribution in [0.3, 0.4) is 0 Å². The lowest BCUT2D eigenvalue weighted by atomic mass is 10.1. The third kappa shape index (κ3) is 5.05. The van der Waals surface area contributed by atoms with Crippen molar-refractivity contribution < 1.29 is 13.6 Å². The molecule has 0 spiro atoms. The van der Waals surface area contributed by atoms with Crippen molar-refractivity contribution in [3.8, 4) is 22.8 Å². The molecule has 5 nitrogen and oxygen atoms in total. The van der Waals surface area contributed by atoms with Crippen LogP contribution in [0.25, 0.3) is 40.0 Å². The van der Waals surface area contributed by atoms with Crippen LogP contribution in [0.5, 0.6) is 0 Å². The van der Waals surface area contributed by atoms with Crippen molar-refractivity contribution in [2.45, 2.75) is 13.3 Å². The van der Waals surface area contributed by atoms with Crippen molar-refractivity contribution in [3.63, 3.8) is 0 Å². The van der Waals surface area contributed by atoms with Crippen LogP contribution in [-0.2, 0) is 11.2 Å². The molecule has 0 aliphatic heterocycles. The first kappa shape index (κ1) is 24.2. The Morgan fingerprint density at radius 2 is 1.83 bits per heavy atom. The third-order valence-corrected chi connectivity index (χ3v) is 6.72. The number of hydrogen-bond acceptors (Lipinski definition) is 4. The maximum Gasteiger partial charge on any atom is 0.248 e. The first-order valence-electron chi connectivity index (χ1n) is 11.1. The highest BCUT2D eigenvalue weighted by molar-refractivity contribution is 6.43. The van der Waals surface area contributed by atoms with Gasteiger partial charge < -0.3 is 14.2 Å². The SMILES string of the molecule is CCc1ccc2oc(-c3ccc(Cl)c(NC(=O)C=Cc4ccc(-c5cccc(Cl)c5Cl)o4)c3)nc2c1. The number of benzene rings is 3. The first-order chi connectivity index (χ1) is 17.4. The van der Waals surface area contributed by atoms with E-state index >= 15 is 0 Å². The monoisotopic (exact) mass is 536 g/mol. The Kier molecular flexibility index (Phi) is 6.88. The van der Waals surface area contributed by atoms with Crippen LogP contribution in [0.1, 0.15) is 18.2 Å². The number of hydrogen-bond donors (Lipinski definition) is 1. The topological polar surface area (TPSA) is 68.3 Å². The molecule has 8 heteroatoms. The minimum absolute atomic E-state index is 0.377. The Labute approximate surface area is 222 Å². The highest BCUT2D eigenvalue weighted by Gasteiger charge is 2.13. The number of rotatable bonds is 6. The van der Waals surface area contributed by atoms with Gasteiger partial charge >= 0.3 is 0 Å². The maximum atomic E-state index is 12.6. The van der Waals surface area contributed by atoms with Gasteiger partial charge in [-0.05, 0) is 72.7 Å². The predicted molar refractivity (Wildman–Crippen MR) is 146 cm³/mol. The molecule has 2 aromatic heterocycles. The minimum Gasteiger partial charge on any atom is -0.457 e. The van der Waals surface area contributed by atoms with Gasteiger partial charge in [0, 0.05) is 17.2 Å². The molecule has 0 saturated heterocycles. The smallest absolute Gasteiger partial charge is 0.248 e. The van der Waals surface area contributed by atoms with E-state index in [4.69, 9.17) is 43.6 Å². The zero-order chi connectivity index (χ0) is 25.2. The van der Waals surface area contributed by atoms with Crippen LogP contribution in [0.2, 0.25) is 15.1 Å². The van der Waals surface area contributed by atoms with Gasteiger partial charge in [-0.3, -0.25) is 4.79 Å². The average Bonchev–Trinajstić information content (AvgIpc) is 3.52. The zero-order valence-electron chi connectivity index (χ0n) is 19.0. The number of aryl methyl sites for hydroxylation is 1. The van der Waals surface area contributed by atoms with Gasteiger partial charge in [0.2, 0.25) is 11.8 Å². The fourth-order valence-corrected chi connectivity index (χ4v) is 4.24. The zero-order valence-corrected chi connectivity index (χ0v) is 21.3. The van der Waals surface area contributed by atoms with Gasteiger partial charge in [-0.25, -0.2) is 4.98 Å². The van der Waals surface area contributed by atoms with Crippen molar-refractivity contribution in [2.75, 3.05) is 5.32 Å². The Bertz CT molecular complexity index is 1620. The number of nitrogens with zero attached hydrogens (tertiary/aromatic N) is 1. The third-order valence-electron chi connectivity index (χ3n) is 5.57. The first-order valence-corrected chi connectivity index (χ1v) is 12.3. The van der Waals surface area contributed by atoms with Crippen LogP contribution >= 0.6 is 34.8 Å². The number of aromatic nitrogens is 1. The molecule has 0 fully saturated rings. The summed E-state index contributed by atoms with van der Waals surface area (Å²) in [5, 5.41) is 4.02. The predicted octanol–water partition coefficient (Wildman–Crippen LogP) is 8.93. The van der Waals surface area contributed by atoms with Gasteiger partial charge in [0.05, 0.1) is 20.8 Å². The summed E-state index contributed by atoms with van der Waals surface area (Å²) in [4.78, 5) is 17.2. The molecule has 0 aliphatic rings. The summed E-state index contributed by atoms with van der Waals surface area (Å²) < 4.78 is 11.7. The summed E-state index contributed by atoms with van der Waals surface area (Å²) in [7, 11) is 0. The Morgan fingerprint density at radius 3 is 2.67 bits per heavy atom. The van der Waals surface area contributed by atoms with Crippen molar-refractivity contribution in [3.05, 3.63) is 99.2 Å². The van der Waals surface area contributed by atoms with E-state index < -0.39 is 0 Å². The Balaban J connectivity index is 1.32. The number of oxazole rings is 1.